The van der Waals surface area contributed by atoms with Gasteiger partial charge in [0, 0.05) is 37.9 Å². The molecule has 0 bridgehead atoms. The summed E-state index contributed by atoms with van der Waals surface area (Å²) in [4.78, 5) is 57.0. The molecule has 0 N–H and O–H groups in total. The van der Waals surface area contributed by atoms with Gasteiger partial charge < -0.3 is 9.64 Å². The number of hydroxylamine groups is 2. The smallest absolute Gasteiger partial charge is 0.311 e. The molecule has 0 aromatic heterocycles. The van der Waals surface area contributed by atoms with Gasteiger partial charge in [-0.05, 0) is 19.8 Å². The maximum Gasteiger partial charge on any atom is 0.311 e. The molecule has 2 fully saturated rings. The quantitative estimate of drug-likeness (QED) is 0.498. The highest BCUT2D eigenvalue weighted by Crippen LogP contribution is 2.44. The summed E-state index contributed by atoms with van der Waals surface area (Å²) in [5.74, 6) is -1.44. The van der Waals surface area contributed by atoms with Crippen molar-refractivity contribution >= 4 is 23.6 Å². The van der Waals surface area contributed by atoms with Crippen LogP contribution >= 0.6 is 0 Å². The molecule has 1 aromatic carbocycles. The standard InChI is InChI=1S/C22H28N2O6/c1-3-30-24-20(27)15-17(21(28)29-2)22(24)11-13-23(14-12-22)19(26)10-9-18(25)16-7-5-4-6-8-16/h4-8,17H,3,9-15H2,1-2H3/t17-/m1/s1. The predicted octanol–water partition coefficient (Wildman–Crippen LogP) is 1.98. The Morgan fingerprint density at radius 2 is 1.77 bits per heavy atom. The Bertz CT molecular complexity index is 801. The van der Waals surface area contributed by atoms with Crippen LogP contribution in [-0.4, -0.2) is 65.9 Å². The third kappa shape index (κ3) is 4.23. The van der Waals surface area contributed by atoms with Gasteiger partial charge in [0.05, 0.1) is 25.2 Å². The van der Waals surface area contributed by atoms with Gasteiger partial charge >= 0.3 is 5.97 Å². The van der Waals surface area contributed by atoms with Gasteiger partial charge in [-0.1, -0.05) is 30.3 Å². The number of esters is 1. The van der Waals surface area contributed by atoms with Crippen molar-refractivity contribution in [3.63, 3.8) is 0 Å². The van der Waals surface area contributed by atoms with Gasteiger partial charge in [0.25, 0.3) is 0 Å². The van der Waals surface area contributed by atoms with Crippen molar-refractivity contribution in [2.24, 2.45) is 5.92 Å². The zero-order valence-corrected chi connectivity index (χ0v) is 17.5. The van der Waals surface area contributed by atoms with Crippen molar-refractivity contribution < 1.29 is 28.8 Å². The minimum atomic E-state index is -0.795. The molecular formula is C22H28N2O6. The van der Waals surface area contributed by atoms with Crippen LogP contribution in [0.25, 0.3) is 0 Å². The Labute approximate surface area is 176 Å². The van der Waals surface area contributed by atoms with Crippen LogP contribution in [-0.2, 0) is 24.0 Å². The Hall–Kier alpha value is -2.74. The lowest BCUT2D eigenvalue weighted by Gasteiger charge is -2.45. The van der Waals surface area contributed by atoms with Gasteiger partial charge in [-0.3, -0.25) is 24.0 Å². The van der Waals surface area contributed by atoms with Gasteiger partial charge in [-0.15, -0.1) is 0 Å². The van der Waals surface area contributed by atoms with E-state index in [1.54, 1.807) is 36.1 Å². The fourth-order valence-electron chi connectivity index (χ4n) is 4.45. The highest BCUT2D eigenvalue weighted by Gasteiger charge is 2.58. The third-order valence-electron chi connectivity index (χ3n) is 6.05. The number of rotatable bonds is 7. The van der Waals surface area contributed by atoms with E-state index in [1.165, 1.54) is 12.2 Å². The number of methoxy groups -OCH3 is 1. The van der Waals surface area contributed by atoms with Gasteiger partial charge in [-0.2, -0.15) is 0 Å². The molecular weight excluding hydrogens is 388 g/mol. The van der Waals surface area contributed by atoms with E-state index in [0.717, 1.165) is 0 Å². The summed E-state index contributed by atoms with van der Waals surface area (Å²) < 4.78 is 4.93. The van der Waals surface area contributed by atoms with Crippen LogP contribution in [0.3, 0.4) is 0 Å². The van der Waals surface area contributed by atoms with E-state index < -0.39 is 17.4 Å². The molecule has 162 valence electrons. The molecule has 2 aliphatic heterocycles. The molecule has 30 heavy (non-hydrogen) atoms. The van der Waals surface area contributed by atoms with Crippen molar-refractivity contribution in [3.05, 3.63) is 35.9 Å². The van der Waals surface area contributed by atoms with Crippen LogP contribution in [0.2, 0.25) is 0 Å². The first kappa shape index (κ1) is 22.0. The first-order valence-electron chi connectivity index (χ1n) is 10.3. The maximum atomic E-state index is 12.7. The van der Waals surface area contributed by atoms with E-state index >= 15 is 0 Å². The molecule has 0 radical (unpaired) electrons. The molecule has 1 aromatic rings. The first-order valence-corrected chi connectivity index (χ1v) is 10.3. The van der Waals surface area contributed by atoms with Gasteiger partial charge in [0.15, 0.2) is 5.78 Å². The number of benzene rings is 1. The average Bonchev–Trinajstić information content (AvgIpc) is 3.04. The molecule has 0 unspecified atom stereocenters. The molecule has 2 aliphatic rings. The number of Topliss-reactive ketones (excluding diaryl/α,β-unsaturated/α-hetero) is 1. The first-order chi connectivity index (χ1) is 14.4. The number of carbonyl (C=O) groups is 4. The number of likely N-dealkylation sites (tertiary alicyclic amines) is 1. The lowest BCUT2D eigenvalue weighted by atomic mass is 9.77. The van der Waals surface area contributed by atoms with E-state index in [4.69, 9.17) is 9.57 Å². The summed E-state index contributed by atoms with van der Waals surface area (Å²) in [6.07, 6.45) is 1.19. The monoisotopic (exact) mass is 416 g/mol. The average molecular weight is 416 g/mol. The summed E-state index contributed by atoms with van der Waals surface area (Å²) in [6, 6.07) is 8.91. The highest BCUT2D eigenvalue weighted by atomic mass is 16.7. The second-order valence-electron chi connectivity index (χ2n) is 7.66. The number of hydrogen-bond donors (Lipinski definition) is 0. The van der Waals surface area contributed by atoms with Crippen molar-refractivity contribution in [1.29, 1.82) is 0 Å². The van der Waals surface area contributed by atoms with Crippen molar-refractivity contribution in [2.75, 3.05) is 26.8 Å². The molecule has 0 saturated carbocycles. The van der Waals surface area contributed by atoms with E-state index in [1.807, 2.05) is 6.07 Å². The van der Waals surface area contributed by atoms with Crippen LogP contribution in [0, 0.1) is 5.92 Å². The zero-order valence-electron chi connectivity index (χ0n) is 17.5. The predicted molar refractivity (Wildman–Crippen MR) is 107 cm³/mol. The largest absolute Gasteiger partial charge is 0.469 e. The van der Waals surface area contributed by atoms with Crippen LogP contribution in [0.15, 0.2) is 30.3 Å². The summed E-state index contributed by atoms with van der Waals surface area (Å²) in [5, 5.41) is 1.34. The number of amides is 2. The molecule has 2 amide bonds. The normalized spacial score (nSPS) is 20.5. The molecule has 8 heteroatoms. The van der Waals surface area contributed by atoms with Gasteiger partial charge in [0.1, 0.15) is 0 Å². The van der Waals surface area contributed by atoms with Crippen LogP contribution < -0.4 is 0 Å². The number of piperidine rings is 1. The summed E-state index contributed by atoms with van der Waals surface area (Å²) in [5.41, 5.74) is -0.197. The molecule has 1 atom stereocenters. The van der Waals surface area contributed by atoms with Crippen LogP contribution in [0.4, 0.5) is 0 Å². The maximum absolute atomic E-state index is 12.7. The Balaban J connectivity index is 1.62. The fraction of sp³-hybridized carbons (Fsp3) is 0.545. The molecule has 1 spiro atoms. The summed E-state index contributed by atoms with van der Waals surface area (Å²) in [6.45, 7) is 2.88. The Morgan fingerprint density at radius 1 is 1.10 bits per heavy atom. The van der Waals surface area contributed by atoms with E-state index in [9.17, 15) is 19.2 Å². The Kier molecular flexibility index (Phi) is 6.87. The molecule has 8 nitrogen and oxygen atoms in total. The molecule has 2 heterocycles. The van der Waals surface area contributed by atoms with E-state index in [2.05, 4.69) is 0 Å². The second-order valence-corrected chi connectivity index (χ2v) is 7.66. The third-order valence-corrected chi connectivity index (χ3v) is 6.05. The molecule has 2 saturated heterocycles. The van der Waals surface area contributed by atoms with Gasteiger partial charge in [-0.25, -0.2) is 5.06 Å². The number of ketones is 1. The minimum absolute atomic E-state index is 0.0478. The topological polar surface area (TPSA) is 93.2 Å². The number of nitrogens with zero attached hydrogens (tertiary/aromatic N) is 2. The highest BCUT2D eigenvalue weighted by molar-refractivity contribution is 5.98. The summed E-state index contributed by atoms with van der Waals surface area (Å²) in [7, 11) is 1.31. The Morgan fingerprint density at radius 3 is 2.37 bits per heavy atom. The summed E-state index contributed by atoms with van der Waals surface area (Å²) >= 11 is 0. The lowest BCUT2D eigenvalue weighted by Crippen LogP contribution is -2.58. The van der Waals surface area contributed by atoms with Crippen molar-refractivity contribution in [2.45, 2.75) is 44.6 Å². The zero-order chi connectivity index (χ0) is 21.7. The fourth-order valence-corrected chi connectivity index (χ4v) is 4.45. The molecule has 0 aliphatic carbocycles. The van der Waals surface area contributed by atoms with E-state index in [-0.39, 0.29) is 36.9 Å². The minimum Gasteiger partial charge on any atom is -0.469 e. The second kappa shape index (κ2) is 9.38. The number of carbonyl (C=O) groups excluding carboxylic acids is 4. The van der Waals surface area contributed by atoms with Crippen molar-refractivity contribution in [1.82, 2.24) is 9.96 Å². The molecule has 3 rings (SSSR count). The van der Waals surface area contributed by atoms with Crippen LogP contribution in [0.1, 0.15) is 49.4 Å². The van der Waals surface area contributed by atoms with Crippen LogP contribution in [0.5, 0.6) is 0 Å². The number of ether oxygens (including phenoxy) is 1. The SMILES string of the molecule is CCON1C(=O)C[C@H](C(=O)OC)C12CCN(C(=O)CCC(=O)c1ccccc1)CC2. The van der Waals surface area contributed by atoms with Gasteiger partial charge in [0.2, 0.25) is 11.8 Å². The van der Waals surface area contributed by atoms with E-state index in [0.29, 0.717) is 38.1 Å². The number of hydrogen-bond acceptors (Lipinski definition) is 6. The van der Waals surface area contributed by atoms with Crippen molar-refractivity contribution in [3.8, 4) is 0 Å². The lowest BCUT2D eigenvalue weighted by molar-refractivity contribution is -0.221.